The molecule has 0 saturated carbocycles. The average molecular weight is 910 g/mol. The van der Waals surface area contributed by atoms with E-state index in [0.717, 1.165) is 50.1 Å². The van der Waals surface area contributed by atoms with Gasteiger partial charge >= 0.3 is 0 Å². The Morgan fingerprint density at radius 3 is 1.51 bits per heavy atom. The molecule has 0 radical (unpaired) electrons. The van der Waals surface area contributed by atoms with Crippen LogP contribution in [-0.2, 0) is 5.41 Å². The molecule has 0 spiro atoms. The van der Waals surface area contributed by atoms with E-state index in [-0.39, 0.29) is 0 Å². The molecule has 0 amide bonds. The van der Waals surface area contributed by atoms with Crippen molar-refractivity contribution in [3.63, 3.8) is 0 Å². The summed E-state index contributed by atoms with van der Waals surface area (Å²) in [6.07, 6.45) is 0. The minimum atomic E-state index is -0.425. The van der Waals surface area contributed by atoms with Crippen molar-refractivity contribution in [1.82, 2.24) is 0 Å². The highest BCUT2D eigenvalue weighted by Gasteiger charge is 2.46. The Morgan fingerprint density at radius 2 is 0.814 bits per heavy atom. The number of thiophene rings is 1. The standard InChI is InChI=1S/C67H43NOS/c1-3-14-49(15-4-1)67(50-16-5-2-6-17-50)61-23-10-7-18-55(61)59-42-47(32-40-62(59)67)44-26-34-51(35-27-44)68(52-36-28-45(29-37-52)48-33-41-65-60(43-48)57-20-9-12-25-64(57)70-65)53-38-30-46(31-39-53)54-21-13-22-58-56-19-8-11-24-63(56)69-66(54)58/h1-43H. The average Bonchev–Trinajstić information content (AvgIpc) is 4.10. The number of benzene rings is 11. The van der Waals surface area contributed by atoms with Crippen LogP contribution in [0.5, 0.6) is 0 Å². The fraction of sp³-hybridized carbons (Fsp3) is 0.0149. The highest BCUT2D eigenvalue weighted by atomic mass is 32.1. The van der Waals surface area contributed by atoms with Crippen molar-refractivity contribution in [1.29, 1.82) is 0 Å². The lowest BCUT2D eigenvalue weighted by molar-refractivity contribution is 0.670. The number of anilines is 3. The Kier molecular flexibility index (Phi) is 9.33. The fourth-order valence-electron chi connectivity index (χ4n) is 11.4. The maximum Gasteiger partial charge on any atom is 0.143 e. The molecule has 2 nitrogen and oxygen atoms in total. The summed E-state index contributed by atoms with van der Waals surface area (Å²) in [5.74, 6) is 0. The van der Waals surface area contributed by atoms with Crippen molar-refractivity contribution >= 4 is 70.5 Å². The minimum Gasteiger partial charge on any atom is -0.455 e. The third kappa shape index (κ3) is 6.32. The van der Waals surface area contributed by atoms with Gasteiger partial charge in [0.25, 0.3) is 0 Å². The molecule has 13 aromatic rings. The summed E-state index contributed by atoms with van der Waals surface area (Å²) in [4.78, 5) is 2.36. The molecular weight excluding hydrogens is 867 g/mol. The molecule has 70 heavy (non-hydrogen) atoms. The number of furan rings is 1. The predicted molar refractivity (Wildman–Crippen MR) is 295 cm³/mol. The third-order valence-corrected chi connectivity index (χ3v) is 15.7. The molecule has 0 aliphatic heterocycles. The van der Waals surface area contributed by atoms with Crippen LogP contribution in [0.2, 0.25) is 0 Å². The molecule has 1 aliphatic rings. The fourth-order valence-corrected chi connectivity index (χ4v) is 12.4. The molecule has 14 rings (SSSR count). The van der Waals surface area contributed by atoms with E-state index < -0.39 is 5.41 Å². The molecule has 0 fully saturated rings. The lowest BCUT2D eigenvalue weighted by Crippen LogP contribution is -2.28. The first kappa shape index (κ1) is 40.3. The number of fused-ring (bicyclic) bond motifs is 9. The van der Waals surface area contributed by atoms with Crippen molar-refractivity contribution in [3.05, 3.63) is 283 Å². The van der Waals surface area contributed by atoms with E-state index in [1.165, 1.54) is 75.8 Å². The molecule has 328 valence electrons. The van der Waals surface area contributed by atoms with E-state index in [0.29, 0.717) is 0 Å². The van der Waals surface area contributed by atoms with Gasteiger partial charge in [-0.1, -0.05) is 194 Å². The Balaban J connectivity index is 0.856. The number of nitrogens with zero attached hydrogens (tertiary/aromatic N) is 1. The summed E-state index contributed by atoms with van der Waals surface area (Å²) < 4.78 is 9.11. The first-order chi connectivity index (χ1) is 34.7. The lowest BCUT2D eigenvalue weighted by atomic mass is 9.67. The number of rotatable bonds is 8. The molecule has 0 atom stereocenters. The molecule has 3 heteroatoms. The third-order valence-electron chi connectivity index (χ3n) is 14.6. The monoisotopic (exact) mass is 909 g/mol. The highest BCUT2D eigenvalue weighted by Crippen LogP contribution is 2.56. The van der Waals surface area contributed by atoms with Crippen molar-refractivity contribution in [3.8, 4) is 44.5 Å². The van der Waals surface area contributed by atoms with Gasteiger partial charge in [0.1, 0.15) is 11.2 Å². The van der Waals surface area contributed by atoms with Gasteiger partial charge in [-0.15, -0.1) is 11.3 Å². The second-order valence-corrected chi connectivity index (χ2v) is 19.4. The van der Waals surface area contributed by atoms with Crippen molar-refractivity contribution in [2.24, 2.45) is 0 Å². The van der Waals surface area contributed by atoms with Gasteiger partial charge in [-0.3, -0.25) is 0 Å². The Bertz CT molecular complexity index is 4050. The van der Waals surface area contributed by atoms with Gasteiger partial charge in [0.15, 0.2) is 0 Å². The summed E-state index contributed by atoms with van der Waals surface area (Å²) in [5, 5.41) is 4.88. The summed E-state index contributed by atoms with van der Waals surface area (Å²) in [6.45, 7) is 0. The summed E-state index contributed by atoms with van der Waals surface area (Å²) >= 11 is 1.86. The maximum atomic E-state index is 6.47. The summed E-state index contributed by atoms with van der Waals surface area (Å²) in [7, 11) is 0. The molecule has 11 aromatic carbocycles. The molecule has 2 heterocycles. The van der Waals surface area contributed by atoms with Crippen molar-refractivity contribution in [2.45, 2.75) is 5.41 Å². The summed E-state index contributed by atoms with van der Waals surface area (Å²) in [5.41, 5.74) is 19.3. The van der Waals surface area contributed by atoms with Gasteiger partial charge in [0.05, 0.1) is 5.41 Å². The van der Waals surface area contributed by atoms with Crippen LogP contribution >= 0.6 is 11.3 Å². The second kappa shape index (κ2) is 16.2. The van der Waals surface area contributed by atoms with E-state index in [1.807, 2.05) is 23.5 Å². The number of hydrogen-bond donors (Lipinski definition) is 0. The Labute approximate surface area is 410 Å². The van der Waals surface area contributed by atoms with Gasteiger partial charge in [-0.05, 0) is 128 Å². The van der Waals surface area contributed by atoms with Crippen LogP contribution in [-0.4, -0.2) is 0 Å². The number of hydrogen-bond acceptors (Lipinski definition) is 3. The summed E-state index contributed by atoms with van der Waals surface area (Å²) in [6, 6.07) is 95.4. The topological polar surface area (TPSA) is 16.4 Å². The zero-order valence-electron chi connectivity index (χ0n) is 38.1. The normalized spacial score (nSPS) is 12.7. The minimum absolute atomic E-state index is 0.425. The molecule has 2 aromatic heterocycles. The van der Waals surface area contributed by atoms with E-state index in [9.17, 15) is 0 Å². The lowest BCUT2D eigenvalue weighted by Gasteiger charge is -2.33. The smallest absolute Gasteiger partial charge is 0.143 e. The van der Waals surface area contributed by atoms with Gasteiger partial charge in [0, 0.05) is 53.6 Å². The van der Waals surface area contributed by atoms with Gasteiger partial charge in [0.2, 0.25) is 0 Å². The highest BCUT2D eigenvalue weighted by molar-refractivity contribution is 7.25. The van der Waals surface area contributed by atoms with Crippen molar-refractivity contribution < 1.29 is 4.42 Å². The first-order valence-electron chi connectivity index (χ1n) is 24.0. The molecule has 0 bridgehead atoms. The van der Waals surface area contributed by atoms with E-state index in [1.54, 1.807) is 0 Å². The molecule has 0 saturated heterocycles. The van der Waals surface area contributed by atoms with Crippen LogP contribution in [0.3, 0.4) is 0 Å². The van der Waals surface area contributed by atoms with Crippen LogP contribution in [0.4, 0.5) is 17.1 Å². The van der Waals surface area contributed by atoms with Crippen molar-refractivity contribution in [2.75, 3.05) is 4.90 Å². The molecular formula is C67H43NOS. The van der Waals surface area contributed by atoms with Crippen LogP contribution < -0.4 is 4.90 Å². The Hall–Kier alpha value is -8.76. The largest absolute Gasteiger partial charge is 0.455 e. The van der Waals surface area contributed by atoms with E-state index >= 15 is 0 Å². The molecule has 0 unspecified atom stereocenters. The molecule has 0 N–H and O–H groups in total. The van der Waals surface area contributed by atoms with Crippen LogP contribution in [0, 0.1) is 0 Å². The predicted octanol–water partition coefficient (Wildman–Crippen LogP) is 18.8. The molecule has 1 aliphatic carbocycles. The first-order valence-corrected chi connectivity index (χ1v) is 24.8. The van der Waals surface area contributed by atoms with Gasteiger partial charge in [-0.25, -0.2) is 0 Å². The van der Waals surface area contributed by atoms with Crippen LogP contribution in [0.25, 0.3) is 86.6 Å². The zero-order valence-corrected chi connectivity index (χ0v) is 38.9. The second-order valence-electron chi connectivity index (χ2n) is 18.4. The maximum absolute atomic E-state index is 6.47. The van der Waals surface area contributed by atoms with E-state index in [2.05, 4.69) is 254 Å². The SMILES string of the molecule is c1ccc(C2(c3ccccc3)c3ccccc3-c3cc(-c4ccc(N(c5ccc(-c6ccc7sc8ccccc8c7c6)cc5)c5ccc(-c6cccc7c6oc6ccccc67)cc5)cc4)ccc32)cc1. The van der Waals surface area contributed by atoms with E-state index in [4.69, 9.17) is 4.42 Å². The van der Waals surface area contributed by atoms with Crippen LogP contribution in [0.1, 0.15) is 22.3 Å². The quantitative estimate of drug-likeness (QED) is 0.151. The van der Waals surface area contributed by atoms with Crippen LogP contribution in [0.15, 0.2) is 265 Å². The Morgan fingerprint density at radius 1 is 0.314 bits per heavy atom. The number of para-hydroxylation sites is 2. The van der Waals surface area contributed by atoms with Gasteiger partial charge in [-0.2, -0.15) is 0 Å². The van der Waals surface area contributed by atoms with Gasteiger partial charge < -0.3 is 9.32 Å². The zero-order chi connectivity index (χ0) is 46.2.